The van der Waals surface area contributed by atoms with Crippen LogP contribution >= 0.6 is 0 Å². The molecule has 2 aromatic rings. The second kappa shape index (κ2) is 8.31. The van der Waals surface area contributed by atoms with Crippen molar-refractivity contribution in [1.29, 1.82) is 0 Å². The average molecular weight is 392 g/mol. The fraction of sp³-hybridized carbons (Fsp3) is 0.353. The summed E-state index contributed by atoms with van der Waals surface area (Å²) in [5, 5.41) is 10.1. The normalized spacial score (nSPS) is 17.9. The summed E-state index contributed by atoms with van der Waals surface area (Å²) in [4.78, 5) is 11.4. The van der Waals surface area contributed by atoms with Crippen molar-refractivity contribution in [1.82, 2.24) is 14.5 Å². The maximum Gasteiger partial charge on any atom is 0.411 e. The monoisotopic (exact) mass is 392 g/mol. The predicted molar refractivity (Wildman–Crippen MR) is 96.9 cm³/mol. The summed E-state index contributed by atoms with van der Waals surface area (Å²) in [7, 11) is -2.41. The lowest BCUT2D eigenvalue weighted by molar-refractivity contribution is 0.123. The molecule has 1 amide bonds. The molecule has 0 spiro atoms. The number of methoxy groups -OCH3 is 1. The number of carbonyl (C=O) groups excluding carboxylic acids is 1. The van der Waals surface area contributed by atoms with E-state index in [1.54, 1.807) is 18.3 Å². The maximum atomic E-state index is 12.9. The van der Waals surface area contributed by atoms with E-state index in [0.29, 0.717) is 24.5 Å². The zero-order valence-electron chi connectivity index (χ0n) is 14.7. The Labute approximate surface area is 157 Å². The predicted octanol–water partition coefficient (Wildman–Crippen LogP) is 1.89. The first-order valence-electron chi connectivity index (χ1n) is 8.38. The van der Waals surface area contributed by atoms with Crippen LogP contribution in [0.3, 0.4) is 0 Å². The Kier molecular flexibility index (Phi) is 5.87. The molecule has 0 saturated carbocycles. The van der Waals surface area contributed by atoms with Gasteiger partial charge in [0.1, 0.15) is 6.10 Å². The van der Waals surface area contributed by atoms with Gasteiger partial charge < -0.3 is 9.47 Å². The molecule has 1 atom stereocenters. The molecule has 1 aliphatic rings. The van der Waals surface area contributed by atoms with Gasteiger partial charge in [-0.05, 0) is 43.2 Å². The Morgan fingerprint density at radius 2 is 2.04 bits per heavy atom. The number of hydrogen-bond donors (Lipinski definition) is 1. The number of rotatable bonds is 5. The lowest BCUT2D eigenvalue weighted by Gasteiger charge is -2.31. The van der Waals surface area contributed by atoms with Gasteiger partial charge in [-0.2, -0.15) is 9.40 Å². The molecule has 2 heterocycles. The number of piperidine rings is 1. The van der Waals surface area contributed by atoms with Gasteiger partial charge in [0.25, 0.3) is 0 Å². The van der Waals surface area contributed by atoms with Gasteiger partial charge in [-0.3, -0.25) is 5.32 Å². The van der Waals surface area contributed by atoms with Crippen molar-refractivity contribution < 1.29 is 22.7 Å². The van der Waals surface area contributed by atoms with Crippen LogP contribution in [0.25, 0.3) is 0 Å². The summed E-state index contributed by atoms with van der Waals surface area (Å²) in [6.07, 6.45) is 2.07. The third-order valence-corrected chi connectivity index (χ3v) is 5.98. The van der Waals surface area contributed by atoms with Crippen LogP contribution in [0.1, 0.15) is 12.8 Å². The molecule has 9 nitrogen and oxygen atoms in total. The molecule has 1 saturated heterocycles. The minimum Gasteiger partial charge on any atom is -0.472 e. The van der Waals surface area contributed by atoms with Crippen LogP contribution in [-0.2, 0) is 14.8 Å². The van der Waals surface area contributed by atoms with Gasteiger partial charge in [0, 0.05) is 24.5 Å². The number of hydrogen-bond acceptors (Lipinski definition) is 7. The van der Waals surface area contributed by atoms with Crippen molar-refractivity contribution in [3.63, 3.8) is 0 Å². The molecule has 1 N–H and O–H groups in total. The molecule has 1 aromatic carbocycles. The Hall–Kier alpha value is -2.72. The fourth-order valence-electron chi connectivity index (χ4n) is 2.77. The lowest BCUT2D eigenvalue weighted by Crippen LogP contribution is -2.44. The number of anilines is 1. The third kappa shape index (κ3) is 4.72. The van der Waals surface area contributed by atoms with Gasteiger partial charge >= 0.3 is 6.09 Å². The van der Waals surface area contributed by atoms with Crippen molar-refractivity contribution in [2.75, 3.05) is 25.5 Å². The second-order valence-corrected chi connectivity index (χ2v) is 7.89. The maximum absolute atomic E-state index is 12.9. The molecule has 0 bridgehead atoms. The van der Waals surface area contributed by atoms with Gasteiger partial charge in [0.2, 0.25) is 15.9 Å². The number of carbonyl (C=O) groups is 1. The molecular formula is C17H20N4O5S. The topological polar surface area (TPSA) is 111 Å². The zero-order chi connectivity index (χ0) is 19.3. The molecule has 0 aliphatic carbocycles. The first kappa shape index (κ1) is 19.1. The van der Waals surface area contributed by atoms with E-state index in [2.05, 4.69) is 20.3 Å². The van der Waals surface area contributed by atoms with E-state index in [1.807, 2.05) is 0 Å². The summed E-state index contributed by atoms with van der Waals surface area (Å²) < 4.78 is 37.5. The number of ether oxygens (including phenoxy) is 2. The fourth-order valence-corrected chi connectivity index (χ4v) is 4.28. The molecule has 1 fully saturated rings. The highest BCUT2D eigenvalue weighted by molar-refractivity contribution is 7.89. The SMILES string of the molecule is COC(=O)Nc1ccc(S(=O)(=O)N2CCCC(Oc3cccnn3)C2)cc1. The minimum atomic E-state index is -3.66. The average Bonchev–Trinajstić information content (AvgIpc) is 2.69. The van der Waals surface area contributed by atoms with E-state index in [0.717, 1.165) is 6.42 Å². The first-order valence-corrected chi connectivity index (χ1v) is 9.82. The largest absolute Gasteiger partial charge is 0.472 e. The van der Waals surface area contributed by atoms with Crippen LogP contribution in [0.2, 0.25) is 0 Å². The van der Waals surface area contributed by atoms with E-state index in [4.69, 9.17) is 4.74 Å². The van der Waals surface area contributed by atoms with E-state index < -0.39 is 16.1 Å². The summed E-state index contributed by atoms with van der Waals surface area (Å²) in [5.41, 5.74) is 0.448. The number of sulfonamides is 1. The molecule has 27 heavy (non-hydrogen) atoms. The van der Waals surface area contributed by atoms with Crippen molar-refractivity contribution in [2.24, 2.45) is 0 Å². The molecular weight excluding hydrogens is 372 g/mol. The number of nitrogens with one attached hydrogen (secondary N) is 1. The van der Waals surface area contributed by atoms with Crippen molar-refractivity contribution in [3.8, 4) is 5.88 Å². The summed E-state index contributed by atoms with van der Waals surface area (Å²) in [5.74, 6) is 0.375. The van der Waals surface area contributed by atoms with Gasteiger partial charge in [-0.15, -0.1) is 5.10 Å². The van der Waals surface area contributed by atoms with E-state index in [1.165, 1.54) is 35.7 Å². The summed E-state index contributed by atoms with van der Waals surface area (Å²) in [6.45, 7) is 0.659. The van der Waals surface area contributed by atoms with E-state index in [9.17, 15) is 13.2 Å². The Balaban J connectivity index is 1.69. The molecule has 10 heteroatoms. The third-order valence-electron chi connectivity index (χ3n) is 4.10. The Morgan fingerprint density at radius 1 is 1.26 bits per heavy atom. The van der Waals surface area contributed by atoms with E-state index in [-0.39, 0.29) is 17.5 Å². The molecule has 3 rings (SSSR count). The van der Waals surface area contributed by atoms with Gasteiger partial charge in [-0.25, -0.2) is 13.2 Å². The van der Waals surface area contributed by atoms with Gasteiger partial charge in [-0.1, -0.05) is 0 Å². The van der Waals surface area contributed by atoms with Crippen LogP contribution in [0.5, 0.6) is 5.88 Å². The van der Waals surface area contributed by atoms with Crippen LogP contribution in [0.4, 0.5) is 10.5 Å². The van der Waals surface area contributed by atoms with Gasteiger partial charge in [0.05, 0.1) is 18.6 Å². The van der Waals surface area contributed by atoms with Crippen LogP contribution in [0, 0.1) is 0 Å². The molecule has 1 aliphatic heterocycles. The zero-order valence-corrected chi connectivity index (χ0v) is 15.6. The van der Waals surface area contributed by atoms with Gasteiger partial charge in [0.15, 0.2) is 0 Å². The first-order chi connectivity index (χ1) is 13.0. The number of nitrogens with zero attached hydrogens (tertiary/aromatic N) is 3. The molecule has 1 unspecified atom stereocenters. The van der Waals surface area contributed by atoms with Crippen LogP contribution in [0.15, 0.2) is 47.5 Å². The summed E-state index contributed by atoms with van der Waals surface area (Å²) in [6, 6.07) is 9.33. The lowest BCUT2D eigenvalue weighted by atomic mass is 10.1. The Morgan fingerprint density at radius 3 is 2.70 bits per heavy atom. The van der Waals surface area contributed by atoms with Crippen molar-refractivity contribution >= 4 is 21.8 Å². The number of amides is 1. The Bertz CT molecular complexity index is 874. The highest BCUT2D eigenvalue weighted by Gasteiger charge is 2.31. The van der Waals surface area contributed by atoms with Crippen molar-refractivity contribution in [2.45, 2.75) is 23.8 Å². The van der Waals surface area contributed by atoms with Crippen LogP contribution in [-0.4, -0.2) is 55.3 Å². The molecule has 144 valence electrons. The molecule has 0 radical (unpaired) electrons. The summed E-state index contributed by atoms with van der Waals surface area (Å²) >= 11 is 0. The molecule has 1 aromatic heterocycles. The van der Waals surface area contributed by atoms with E-state index >= 15 is 0 Å². The standard InChI is InChI=1S/C17H20N4O5S/c1-25-17(22)19-13-6-8-15(9-7-13)27(23,24)21-11-3-4-14(12-21)26-16-5-2-10-18-20-16/h2,5-10,14H,3-4,11-12H2,1H3,(H,19,22). The number of benzene rings is 1. The van der Waals surface area contributed by atoms with Crippen molar-refractivity contribution in [3.05, 3.63) is 42.6 Å². The minimum absolute atomic E-state index is 0.151. The highest BCUT2D eigenvalue weighted by Crippen LogP contribution is 2.24. The highest BCUT2D eigenvalue weighted by atomic mass is 32.2. The smallest absolute Gasteiger partial charge is 0.411 e. The second-order valence-electron chi connectivity index (χ2n) is 5.95. The van der Waals surface area contributed by atoms with Crippen LogP contribution < -0.4 is 10.1 Å². The quantitative estimate of drug-likeness (QED) is 0.827. The number of aromatic nitrogens is 2.